The standard InChI is InChI=1S/C10H9BrN2O/c1-13(10(14)6-12)7-8-4-2-3-5-9(8)11/h2-5H,7H2,1H3. The van der Waals surface area contributed by atoms with Gasteiger partial charge in [-0.2, -0.15) is 5.26 Å². The fourth-order valence-corrected chi connectivity index (χ4v) is 1.45. The van der Waals surface area contributed by atoms with Crippen molar-refractivity contribution in [2.75, 3.05) is 7.05 Å². The first-order valence-electron chi connectivity index (χ1n) is 4.03. The first kappa shape index (κ1) is 10.7. The topological polar surface area (TPSA) is 44.1 Å². The van der Waals surface area contributed by atoms with Crippen LogP contribution in [0.4, 0.5) is 0 Å². The molecule has 14 heavy (non-hydrogen) atoms. The highest BCUT2D eigenvalue weighted by Gasteiger charge is 2.08. The number of carbonyl (C=O) groups excluding carboxylic acids is 1. The van der Waals surface area contributed by atoms with E-state index in [0.29, 0.717) is 6.54 Å². The lowest BCUT2D eigenvalue weighted by Gasteiger charge is -2.13. The third-order valence-electron chi connectivity index (χ3n) is 1.81. The van der Waals surface area contributed by atoms with Crippen LogP contribution in [0.25, 0.3) is 0 Å². The van der Waals surface area contributed by atoms with Gasteiger partial charge in [0.05, 0.1) is 0 Å². The number of hydrogen-bond acceptors (Lipinski definition) is 2. The SMILES string of the molecule is CN(Cc1ccccc1Br)C(=O)C#N. The molecule has 3 nitrogen and oxygen atoms in total. The van der Waals surface area contributed by atoms with E-state index >= 15 is 0 Å². The molecule has 0 heterocycles. The van der Waals surface area contributed by atoms with Crippen LogP contribution in [-0.2, 0) is 11.3 Å². The van der Waals surface area contributed by atoms with Gasteiger partial charge in [-0.25, -0.2) is 0 Å². The fraction of sp³-hybridized carbons (Fsp3) is 0.200. The third kappa shape index (κ3) is 2.57. The van der Waals surface area contributed by atoms with Crippen LogP contribution in [0.5, 0.6) is 0 Å². The maximum atomic E-state index is 11.0. The summed E-state index contributed by atoms with van der Waals surface area (Å²) in [5.41, 5.74) is 0.985. The summed E-state index contributed by atoms with van der Waals surface area (Å²) >= 11 is 3.37. The molecule has 0 saturated heterocycles. The number of rotatable bonds is 2. The van der Waals surface area contributed by atoms with Gasteiger partial charge < -0.3 is 4.90 Å². The molecule has 0 N–H and O–H groups in total. The summed E-state index contributed by atoms with van der Waals surface area (Å²) in [6.45, 7) is 0.438. The number of nitrogens with zero attached hydrogens (tertiary/aromatic N) is 2. The van der Waals surface area contributed by atoms with E-state index in [4.69, 9.17) is 5.26 Å². The van der Waals surface area contributed by atoms with Crippen LogP contribution in [0.3, 0.4) is 0 Å². The van der Waals surface area contributed by atoms with E-state index in [2.05, 4.69) is 15.9 Å². The molecule has 0 aliphatic rings. The first-order chi connectivity index (χ1) is 6.65. The largest absolute Gasteiger partial charge is 0.329 e. The number of halogens is 1. The van der Waals surface area contributed by atoms with Gasteiger partial charge in [-0.3, -0.25) is 4.79 Å². The molecule has 0 atom stereocenters. The maximum Gasteiger partial charge on any atom is 0.325 e. The monoisotopic (exact) mass is 252 g/mol. The minimum Gasteiger partial charge on any atom is -0.329 e. The van der Waals surface area contributed by atoms with E-state index in [1.165, 1.54) is 4.90 Å². The predicted octanol–water partition coefficient (Wildman–Crippen LogP) is 1.93. The van der Waals surface area contributed by atoms with Crippen molar-refractivity contribution in [3.63, 3.8) is 0 Å². The Morgan fingerprint density at radius 1 is 1.57 bits per heavy atom. The highest BCUT2D eigenvalue weighted by molar-refractivity contribution is 9.10. The zero-order valence-electron chi connectivity index (χ0n) is 7.70. The van der Waals surface area contributed by atoms with Crippen molar-refractivity contribution >= 4 is 21.8 Å². The molecule has 0 bridgehead atoms. The Bertz CT molecular complexity index is 384. The zero-order chi connectivity index (χ0) is 10.6. The fourth-order valence-electron chi connectivity index (χ4n) is 1.04. The van der Waals surface area contributed by atoms with Gasteiger partial charge >= 0.3 is 5.91 Å². The Morgan fingerprint density at radius 3 is 2.79 bits per heavy atom. The number of benzene rings is 1. The van der Waals surface area contributed by atoms with Crippen LogP contribution in [0.2, 0.25) is 0 Å². The highest BCUT2D eigenvalue weighted by atomic mass is 79.9. The lowest BCUT2D eigenvalue weighted by atomic mass is 10.2. The lowest BCUT2D eigenvalue weighted by molar-refractivity contribution is -0.124. The van der Waals surface area contributed by atoms with Crippen molar-refractivity contribution in [3.8, 4) is 6.07 Å². The van der Waals surface area contributed by atoms with Crippen LogP contribution < -0.4 is 0 Å². The summed E-state index contributed by atoms with van der Waals surface area (Å²) in [5.74, 6) is -0.527. The second-order valence-electron chi connectivity index (χ2n) is 2.86. The second kappa shape index (κ2) is 4.77. The van der Waals surface area contributed by atoms with Gasteiger partial charge in [0.1, 0.15) is 0 Å². The molecule has 0 saturated carbocycles. The van der Waals surface area contributed by atoms with Gasteiger partial charge in [0.25, 0.3) is 0 Å². The smallest absolute Gasteiger partial charge is 0.325 e. The van der Waals surface area contributed by atoms with Gasteiger partial charge in [0.15, 0.2) is 6.07 Å². The van der Waals surface area contributed by atoms with Crippen molar-refractivity contribution in [3.05, 3.63) is 34.3 Å². The summed E-state index contributed by atoms with van der Waals surface area (Å²) in [6, 6.07) is 9.18. The molecule has 72 valence electrons. The highest BCUT2D eigenvalue weighted by Crippen LogP contribution is 2.17. The van der Waals surface area contributed by atoms with Crippen molar-refractivity contribution in [1.29, 1.82) is 5.26 Å². The number of carbonyl (C=O) groups is 1. The summed E-state index contributed by atoms with van der Waals surface area (Å²) in [7, 11) is 1.60. The van der Waals surface area contributed by atoms with E-state index in [1.807, 2.05) is 24.3 Å². The van der Waals surface area contributed by atoms with E-state index in [9.17, 15) is 4.79 Å². The van der Waals surface area contributed by atoms with Crippen molar-refractivity contribution in [2.24, 2.45) is 0 Å². The predicted molar refractivity (Wildman–Crippen MR) is 56.2 cm³/mol. The van der Waals surface area contributed by atoms with E-state index in [0.717, 1.165) is 10.0 Å². The van der Waals surface area contributed by atoms with Gasteiger partial charge in [-0.05, 0) is 11.6 Å². The molecule has 0 radical (unpaired) electrons. The molecule has 1 aromatic carbocycles. The van der Waals surface area contributed by atoms with E-state index in [1.54, 1.807) is 13.1 Å². The van der Waals surface area contributed by atoms with E-state index in [-0.39, 0.29) is 0 Å². The minimum absolute atomic E-state index is 0.438. The Morgan fingerprint density at radius 2 is 2.21 bits per heavy atom. The molecule has 0 aliphatic heterocycles. The second-order valence-corrected chi connectivity index (χ2v) is 3.72. The number of amides is 1. The molecule has 1 aromatic rings. The molecule has 0 aliphatic carbocycles. The molecular weight excluding hydrogens is 244 g/mol. The van der Waals surface area contributed by atoms with Crippen molar-refractivity contribution in [2.45, 2.75) is 6.54 Å². The van der Waals surface area contributed by atoms with Crippen LogP contribution in [0.15, 0.2) is 28.7 Å². The summed E-state index contributed by atoms with van der Waals surface area (Å²) in [6.07, 6.45) is 0. The normalized spacial score (nSPS) is 9.21. The van der Waals surface area contributed by atoms with Crippen LogP contribution in [-0.4, -0.2) is 17.9 Å². The summed E-state index contributed by atoms with van der Waals surface area (Å²) < 4.78 is 0.942. The molecule has 4 heteroatoms. The van der Waals surface area contributed by atoms with Crippen LogP contribution in [0, 0.1) is 11.3 Å². The molecule has 1 amide bonds. The molecule has 0 aromatic heterocycles. The van der Waals surface area contributed by atoms with Crippen LogP contribution >= 0.6 is 15.9 Å². The quantitative estimate of drug-likeness (QED) is 0.756. The average molecular weight is 253 g/mol. The molecule has 0 fully saturated rings. The van der Waals surface area contributed by atoms with Crippen molar-refractivity contribution in [1.82, 2.24) is 4.90 Å². The molecule has 0 unspecified atom stereocenters. The Kier molecular flexibility index (Phi) is 3.66. The minimum atomic E-state index is -0.527. The lowest BCUT2D eigenvalue weighted by Crippen LogP contribution is -2.24. The summed E-state index contributed by atoms with van der Waals surface area (Å²) in [5, 5.41) is 8.40. The average Bonchev–Trinajstić information content (AvgIpc) is 2.20. The molecule has 0 spiro atoms. The first-order valence-corrected chi connectivity index (χ1v) is 4.83. The summed E-state index contributed by atoms with van der Waals surface area (Å²) in [4.78, 5) is 12.4. The molecule has 1 rings (SSSR count). The van der Waals surface area contributed by atoms with Gasteiger partial charge in [0.2, 0.25) is 0 Å². The molecular formula is C10H9BrN2O. The van der Waals surface area contributed by atoms with Gasteiger partial charge in [0, 0.05) is 18.1 Å². The number of nitriles is 1. The Hall–Kier alpha value is -1.34. The maximum absolute atomic E-state index is 11.0. The van der Waals surface area contributed by atoms with Gasteiger partial charge in [-0.1, -0.05) is 34.1 Å². The van der Waals surface area contributed by atoms with Crippen molar-refractivity contribution < 1.29 is 4.79 Å². The van der Waals surface area contributed by atoms with Crippen LogP contribution in [0.1, 0.15) is 5.56 Å². The number of hydrogen-bond donors (Lipinski definition) is 0. The zero-order valence-corrected chi connectivity index (χ0v) is 9.28. The Labute approximate surface area is 91.1 Å². The van der Waals surface area contributed by atoms with Gasteiger partial charge in [-0.15, -0.1) is 0 Å². The van der Waals surface area contributed by atoms with E-state index < -0.39 is 5.91 Å². The third-order valence-corrected chi connectivity index (χ3v) is 2.58. The Balaban J connectivity index is 2.75.